The zero-order chi connectivity index (χ0) is 15.2. The van der Waals surface area contributed by atoms with E-state index in [0.717, 1.165) is 4.31 Å². The summed E-state index contributed by atoms with van der Waals surface area (Å²) in [5.74, 6) is -0.0240. The molecule has 0 aliphatic carbocycles. The molecular formula is C12H19N3O4S. The molecule has 0 radical (unpaired) electrons. The number of carbonyl (C=O) groups excluding carboxylic acids is 1. The van der Waals surface area contributed by atoms with E-state index in [2.05, 4.69) is 5.32 Å². The Kier molecular flexibility index (Phi) is 5.78. The Morgan fingerprint density at radius 2 is 1.95 bits per heavy atom. The van der Waals surface area contributed by atoms with E-state index in [9.17, 15) is 13.2 Å². The Morgan fingerprint density at radius 1 is 1.35 bits per heavy atom. The summed E-state index contributed by atoms with van der Waals surface area (Å²) in [5, 5.41) is 2.37. The van der Waals surface area contributed by atoms with Crippen molar-refractivity contribution in [1.82, 2.24) is 9.62 Å². The van der Waals surface area contributed by atoms with E-state index in [1.807, 2.05) is 0 Å². The molecule has 0 saturated carbocycles. The molecular weight excluding hydrogens is 282 g/mol. The summed E-state index contributed by atoms with van der Waals surface area (Å²) in [6, 6.07) is 6.66. The third kappa shape index (κ3) is 5.06. The van der Waals surface area contributed by atoms with Crippen LogP contribution in [0.25, 0.3) is 0 Å². The smallest absolute Gasteiger partial charge is 0.235 e. The van der Waals surface area contributed by atoms with Crippen molar-refractivity contribution in [2.45, 2.75) is 0 Å². The fraction of sp³-hybridized carbons (Fsp3) is 0.417. The van der Waals surface area contributed by atoms with Crippen LogP contribution in [-0.4, -0.2) is 51.6 Å². The van der Waals surface area contributed by atoms with Crippen LogP contribution < -0.4 is 15.8 Å². The van der Waals surface area contributed by atoms with Crippen LogP contribution in [0.4, 0.5) is 5.69 Å². The van der Waals surface area contributed by atoms with Crippen molar-refractivity contribution in [3.63, 3.8) is 0 Å². The molecule has 0 atom stereocenters. The van der Waals surface area contributed by atoms with Crippen molar-refractivity contribution in [3.05, 3.63) is 24.3 Å². The highest BCUT2D eigenvalue weighted by molar-refractivity contribution is 7.89. The molecule has 1 rings (SSSR count). The first-order chi connectivity index (χ1) is 9.35. The number of nitrogens with one attached hydrogen (secondary N) is 1. The van der Waals surface area contributed by atoms with Crippen LogP contribution in [0.2, 0.25) is 0 Å². The van der Waals surface area contributed by atoms with Gasteiger partial charge >= 0.3 is 0 Å². The van der Waals surface area contributed by atoms with Gasteiger partial charge in [-0.05, 0) is 24.3 Å². The lowest BCUT2D eigenvalue weighted by molar-refractivity contribution is -0.120. The van der Waals surface area contributed by atoms with E-state index in [1.54, 1.807) is 24.3 Å². The normalized spacial score (nSPS) is 11.3. The fourth-order valence-electron chi connectivity index (χ4n) is 1.36. The van der Waals surface area contributed by atoms with Gasteiger partial charge in [-0.3, -0.25) is 4.79 Å². The number of hydrogen-bond acceptors (Lipinski definition) is 5. The van der Waals surface area contributed by atoms with Crippen LogP contribution in [0.3, 0.4) is 0 Å². The molecule has 7 nitrogen and oxygen atoms in total. The van der Waals surface area contributed by atoms with E-state index < -0.39 is 10.0 Å². The van der Waals surface area contributed by atoms with Gasteiger partial charge in [0.2, 0.25) is 15.9 Å². The quantitative estimate of drug-likeness (QED) is 0.671. The van der Waals surface area contributed by atoms with Crippen LogP contribution in [0.15, 0.2) is 24.3 Å². The molecule has 1 amide bonds. The molecule has 0 bridgehead atoms. The number of carbonyl (C=O) groups is 1. The second-order valence-electron chi connectivity index (χ2n) is 4.16. The molecule has 112 valence electrons. The standard InChI is InChI=1S/C12H19N3O4S/c1-14-12(16)9-15(2)20(17,18)8-7-19-11-5-3-10(13)4-6-11/h3-6H,7-9,13H2,1-2H3,(H,14,16). The number of nitrogen functional groups attached to an aromatic ring is 1. The highest BCUT2D eigenvalue weighted by Crippen LogP contribution is 2.13. The molecule has 0 aliphatic heterocycles. The predicted molar refractivity (Wildman–Crippen MR) is 76.8 cm³/mol. The van der Waals surface area contributed by atoms with Gasteiger partial charge in [0.25, 0.3) is 0 Å². The average Bonchev–Trinajstić information content (AvgIpc) is 2.40. The number of ether oxygens (including phenoxy) is 1. The first kappa shape index (κ1) is 16.3. The molecule has 8 heteroatoms. The zero-order valence-corrected chi connectivity index (χ0v) is 12.3. The van der Waals surface area contributed by atoms with Crippen molar-refractivity contribution < 1.29 is 17.9 Å². The molecule has 0 unspecified atom stereocenters. The van der Waals surface area contributed by atoms with Crippen LogP contribution in [-0.2, 0) is 14.8 Å². The molecule has 0 aromatic heterocycles. The number of nitrogens with zero attached hydrogens (tertiary/aromatic N) is 1. The molecule has 20 heavy (non-hydrogen) atoms. The third-order valence-corrected chi connectivity index (χ3v) is 4.37. The summed E-state index contributed by atoms with van der Waals surface area (Å²) in [6.07, 6.45) is 0. The summed E-state index contributed by atoms with van der Waals surface area (Å²) >= 11 is 0. The highest BCUT2D eigenvalue weighted by atomic mass is 32.2. The number of sulfonamides is 1. The van der Waals surface area contributed by atoms with Gasteiger partial charge in [0.15, 0.2) is 0 Å². The topological polar surface area (TPSA) is 102 Å². The predicted octanol–water partition coefficient (Wildman–Crippen LogP) is -0.345. The molecule has 0 saturated heterocycles. The minimum absolute atomic E-state index is 0.00430. The number of hydrogen-bond donors (Lipinski definition) is 2. The van der Waals surface area contributed by atoms with Gasteiger partial charge in [-0.25, -0.2) is 8.42 Å². The number of amides is 1. The number of nitrogens with two attached hydrogens (primary N) is 1. The van der Waals surface area contributed by atoms with Gasteiger partial charge in [-0.15, -0.1) is 0 Å². The van der Waals surface area contributed by atoms with Crippen molar-refractivity contribution in [2.24, 2.45) is 0 Å². The van der Waals surface area contributed by atoms with E-state index in [0.29, 0.717) is 11.4 Å². The lowest BCUT2D eigenvalue weighted by Crippen LogP contribution is -2.39. The second kappa shape index (κ2) is 7.11. The molecule has 0 fully saturated rings. The minimum atomic E-state index is -3.52. The largest absolute Gasteiger partial charge is 0.492 e. The lowest BCUT2D eigenvalue weighted by atomic mass is 10.3. The number of benzene rings is 1. The Bertz CT molecular complexity index is 542. The fourth-order valence-corrected chi connectivity index (χ4v) is 2.28. The molecule has 0 spiro atoms. The first-order valence-corrected chi connectivity index (χ1v) is 7.59. The van der Waals surface area contributed by atoms with Gasteiger partial charge in [-0.1, -0.05) is 0 Å². The average molecular weight is 301 g/mol. The summed E-state index contributed by atoms with van der Waals surface area (Å²) < 4.78 is 30.1. The van der Waals surface area contributed by atoms with Crippen LogP contribution >= 0.6 is 0 Å². The Labute approximate surface area is 118 Å². The number of likely N-dealkylation sites (N-methyl/N-ethyl adjacent to an activating group) is 2. The summed E-state index contributed by atoms with van der Waals surface area (Å²) in [4.78, 5) is 11.1. The van der Waals surface area contributed by atoms with Crippen LogP contribution in [0, 0.1) is 0 Å². The second-order valence-corrected chi connectivity index (χ2v) is 6.36. The van der Waals surface area contributed by atoms with Gasteiger partial charge in [0, 0.05) is 19.8 Å². The lowest BCUT2D eigenvalue weighted by Gasteiger charge is -2.16. The Hall–Kier alpha value is -1.80. The monoisotopic (exact) mass is 301 g/mol. The van der Waals surface area contributed by atoms with Gasteiger partial charge < -0.3 is 15.8 Å². The van der Waals surface area contributed by atoms with Crippen LogP contribution in [0.5, 0.6) is 5.75 Å². The van der Waals surface area contributed by atoms with Gasteiger partial charge in [0.1, 0.15) is 12.4 Å². The summed E-state index contributed by atoms with van der Waals surface area (Å²) in [6.45, 7) is -0.203. The Morgan fingerprint density at radius 3 is 2.50 bits per heavy atom. The maximum Gasteiger partial charge on any atom is 0.235 e. The summed E-state index contributed by atoms with van der Waals surface area (Å²) in [5.41, 5.74) is 6.13. The zero-order valence-electron chi connectivity index (χ0n) is 11.5. The SMILES string of the molecule is CNC(=O)CN(C)S(=O)(=O)CCOc1ccc(N)cc1. The van der Waals surface area contributed by atoms with Gasteiger partial charge in [0.05, 0.1) is 12.3 Å². The third-order valence-electron chi connectivity index (χ3n) is 2.61. The Balaban J connectivity index is 2.47. The molecule has 3 N–H and O–H groups in total. The van der Waals surface area contributed by atoms with Crippen molar-refractivity contribution >= 4 is 21.6 Å². The summed E-state index contributed by atoms with van der Waals surface area (Å²) in [7, 11) is -0.715. The molecule has 1 aromatic rings. The number of rotatable bonds is 7. The van der Waals surface area contributed by atoms with E-state index in [-0.39, 0.29) is 24.8 Å². The van der Waals surface area contributed by atoms with Gasteiger partial charge in [-0.2, -0.15) is 4.31 Å². The maximum absolute atomic E-state index is 11.9. The maximum atomic E-state index is 11.9. The van der Waals surface area contributed by atoms with Crippen molar-refractivity contribution in [2.75, 3.05) is 38.7 Å². The van der Waals surface area contributed by atoms with E-state index in [4.69, 9.17) is 10.5 Å². The molecule has 0 aliphatic rings. The first-order valence-electron chi connectivity index (χ1n) is 5.98. The molecule has 0 heterocycles. The van der Waals surface area contributed by atoms with E-state index in [1.165, 1.54) is 14.1 Å². The number of anilines is 1. The highest BCUT2D eigenvalue weighted by Gasteiger charge is 2.20. The van der Waals surface area contributed by atoms with Crippen molar-refractivity contribution in [3.8, 4) is 5.75 Å². The minimum Gasteiger partial charge on any atom is -0.492 e. The van der Waals surface area contributed by atoms with Crippen LogP contribution in [0.1, 0.15) is 0 Å². The molecule has 1 aromatic carbocycles. The van der Waals surface area contributed by atoms with E-state index >= 15 is 0 Å². The van der Waals surface area contributed by atoms with Crippen molar-refractivity contribution in [1.29, 1.82) is 0 Å².